The minimum Gasteiger partial charge on any atom is -0.313 e. The van der Waals surface area contributed by atoms with Gasteiger partial charge in [0.25, 0.3) is 0 Å². The van der Waals surface area contributed by atoms with Crippen molar-refractivity contribution < 1.29 is 4.79 Å². The van der Waals surface area contributed by atoms with Crippen LogP contribution in [0, 0.1) is 6.92 Å². The highest BCUT2D eigenvalue weighted by Crippen LogP contribution is 2.24. The standard InChI is InChI=1S/C21H24N2OS.BrH/c1-3-17-7-11-19(12-8-17)23(21-22-13-4-14-25-21)15-20(24)18-9-5-16(2)6-10-18;/h5-12H,3-4,13-15H2,1-2H3;1H. The molecule has 0 saturated heterocycles. The van der Waals surface area contributed by atoms with Gasteiger partial charge in [0.2, 0.25) is 0 Å². The van der Waals surface area contributed by atoms with Crippen LogP contribution in [0.3, 0.4) is 0 Å². The average molecular weight is 433 g/mol. The van der Waals surface area contributed by atoms with Crippen molar-refractivity contribution in [2.24, 2.45) is 4.99 Å². The highest BCUT2D eigenvalue weighted by molar-refractivity contribution is 8.93. The van der Waals surface area contributed by atoms with Crippen molar-refractivity contribution in [2.45, 2.75) is 26.7 Å². The van der Waals surface area contributed by atoms with E-state index in [1.165, 1.54) is 5.56 Å². The molecule has 0 radical (unpaired) electrons. The number of thioether (sulfide) groups is 1. The molecule has 0 aliphatic carbocycles. The van der Waals surface area contributed by atoms with Crippen LogP contribution in [-0.4, -0.2) is 29.8 Å². The molecule has 0 amide bonds. The first kappa shape index (κ1) is 20.7. The number of carbonyl (C=O) groups excluding carboxylic acids is 1. The van der Waals surface area contributed by atoms with E-state index in [1.807, 2.05) is 31.2 Å². The Morgan fingerprint density at radius 2 is 1.81 bits per heavy atom. The third-order valence-electron chi connectivity index (χ3n) is 4.34. The summed E-state index contributed by atoms with van der Waals surface area (Å²) in [5.74, 6) is 1.18. The fourth-order valence-corrected chi connectivity index (χ4v) is 3.73. The molecule has 1 heterocycles. The second kappa shape index (κ2) is 9.93. The summed E-state index contributed by atoms with van der Waals surface area (Å²) in [5.41, 5.74) is 4.25. The van der Waals surface area contributed by atoms with Crippen LogP contribution < -0.4 is 4.90 Å². The quantitative estimate of drug-likeness (QED) is 0.599. The summed E-state index contributed by atoms with van der Waals surface area (Å²) >= 11 is 1.74. The molecule has 3 rings (SSSR count). The maximum atomic E-state index is 12.8. The Balaban J connectivity index is 0.00000243. The molecule has 0 aromatic heterocycles. The molecule has 0 N–H and O–H groups in total. The molecule has 2 aromatic rings. The highest BCUT2D eigenvalue weighted by Gasteiger charge is 2.20. The van der Waals surface area contributed by atoms with E-state index in [4.69, 9.17) is 0 Å². The van der Waals surface area contributed by atoms with Crippen LogP contribution in [0.15, 0.2) is 53.5 Å². The van der Waals surface area contributed by atoms with Crippen molar-refractivity contribution in [1.29, 1.82) is 0 Å². The normalized spacial score (nSPS) is 13.5. The van der Waals surface area contributed by atoms with Crippen LogP contribution >= 0.6 is 28.7 Å². The summed E-state index contributed by atoms with van der Waals surface area (Å²) in [6.07, 6.45) is 2.11. The Bertz CT molecular complexity index is 757. The van der Waals surface area contributed by atoms with E-state index in [2.05, 4.69) is 41.1 Å². The van der Waals surface area contributed by atoms with E-state index in [0.717, 1.165) is 47.1 Å². The number of amidine groups is 1. The molecule has 0 atom stereocenters. The number of hydrogen-bond donors (Lipinski definition) is 0. The van der Waals surface area contributed by atoms with Crippen molar-refractivity contribution in [1.82, 2.24) is 0 Å². The predicted molar refractivity (Wildman–Crippen MR) is 118 cm³/mol. The molecule has 1 aliphatic rings. The molecule has 0 bridgehead atoms. The van der Waals surface area contributed by atoms with Gasteiger partial charge in [-0.2, -0.15) is 0 Å². The number of benzene rings is 2. The van der Waals surface area contributed by atoms with Crippen LogP contribution in [0.2, 0.25) is 0 Å². The monoisotopic (exact) mass is 432 g/mol. The van der Waals surface area contributed by atoms with Crippen molar-refractivity contribution >= 4 is 45.4 Å². The number of ketones is 1. The van der Waals surface area contributed by atoms with Gasteiger partial charge in [-0.25, -0.2) is 0 Å². The van der Waals surface area contributed by atoms with Crippen LogP contribution in [0.4, 0.5) is 5.69 Å². The molecule has 2 aromatic carbocycles. The van der Waals surface area contributed by atoms with Crippen molar-refractivity contribution in [2.75, 3.05) is 23.7 Å². The topological polar surface area (TPSA) is 32.7 Å². The molecule has 0 saturated carbocycles. The van der Waals surface area contributed by atoms with E-state index in [-0.39, 0.29) is 22.8 Å². The smallest absolute Gasteiger partial charge is 0.182 e. The average Bonchev–Trinajstić information content (AvgIpc) is 2.67. The zero-order valence-corrected chi connectivity index (χ0v) is 17.8. The summed E-state index contributed by atoms with van der Waals surface area (Å²) < 4.78 is 0. The number of aliphatic imine (C=N–C) groups is 1. The van der Waals surface area contributed by atoms with Gasteiger partial charge in [-0.3, -0.25) is 9.79 Å². The molecule has 26 heavy (non-hydrogen) atoms. The fraction of sp³-hybridized carbons (Fsp3) is 0.333. The molecular weight excluding hydrogens is 408 g/mol. The fourth-order valence-electron chi connectivity index (χ4n) is 2.77. The lowest BCUT2D eigenvalue weighted by Crippen LogP contribution is -2.35. The number of rotatable bonds is 5. The van der Waals surface area contributed by atoms with Gasteiger partial charge in [-0.05, 0) is 37.5 Å². The predicted octanol–water partition coefficient (Wildman–Crippen LogP) is 5.32. The second-order valence-corrected chi connectivity index (χ2v) is 7.32. The van der Waals surface area contributed by atoms with Gasteiger partial charge < -0.3 is 4.90 Å². The lowest BCUT2D eigenvalue weighted by molar-refractivity contribution is 0.100. The molecule has 0 unspecified atom stereocenters. The number of anilines is 1. The van der Waals surface area contributed by atoms with Crippen molar-refractivity contribution in [3.63, 3.8) is 0 Å². The molecule has 0 spiro atoms. The Morgan fingerprint density at radius 1 is 1.12 bits per heavy atom. The van der Waals surface area contributed by atoms with Crippen molar-refractivity contribution in [3.8, 4) is 0 Å². The maximum absolute atomic E-state index is 12.8. The summed E-state index contributed by atoms with van der Waals surface area (Å²) in [6, 6.07) is 16.2. The van der Waals surface area contributed by atoms with Crippen LogP contribution in [0.5, 0.6) is 0 Å². The van der Waals surface area contributed by atoms with Gasteiger partial charge in [0.05, 0.1) is 6.54 Å². The summed E-state index contributed by atoms with van der Waals surface area (Å²) in [4.78, 5) is 19.5. The lowest BCUT2D eigenvalue weighted by Gasteiger charge is -2.27. The molecule has 138 valence electrons. The summed E-state index contributed by atoms with van der Waals surface area (Å²) in [7, 11) is 0. The number of nitrogens with zero attached hydrogens (tertiary/aromatic N) is 2. The van der Waals surface area contributed by atoms with Gasteiger partial charge in [0, 0.05) is 23.5 Å². The Morgan fingerprint density at radius 3 is 2.38 bits per heavy atom. The zero-order valence-electron chi connectivity index (χ0n) is 15.3. The van der Waals surface area contributed by atoms with E-state index >= 15 is 0 Å². The van der Waals surface area contributed by atoms with Crippen LogP contribution in [-0.2, 0) is 6.42 Å². The van der Waals surface area contributed by atoms with Gasteiger partial charge in [0.15, 0.2) is 11.0 Å². The van der Waals surface area contributed by atoms with Gasteiger partial charge in [-0.1, -0.05) is 60.6 Å². The molecule has 5 heteroatoms. The Labute approximate surface area is 170 Å². The molecular formula is C21H25BrN2OS. The minimum absolute atomic E-state index is 0. The summed E-state index contributed by atoms with van der Waals surface area (Å²) in [5, 5.41) is 0.955. The Kier molecular flexibility index (Phi) is 7.91. The third kappa shape index (κ3) is 5.21. The minimum atomic E-state index is 0. The largest absolute Gasteiger partial charge is 0.313 e. The zero-order chi connectivity index (χ0) is 17.6. The number of aryl methyl sites for hydroxylation is 2. The van der Waals surface area contributed by atoms with E-state index in [1.54, 1.807) is 11.8 Å². The third-order valence-corrected chi connectivity index (χ3v) is 5.44. The first-order chi connectivity index (χ1) is 12.2. The number of Topliss-reactive ketones (excluding diaryl/α,β-unsaturated/α-hetero) is 1. The highest BCUT2D eigenvalue weighted by atomic mass is 79.9. The Hall–Kier alpha value is -1.59. The molecule has 1 aliphatic heterocycles. The maximum Gasteiger partial charge on any atom is 0.182 e. The molecule has 3 nitrogen and oxygen atoms in total. The van der Waals surface area contributed by atoms with Gasteiger partial charge in [-0.15, -0.1) is 17.0 Å². The van der Waals surface area contributed by atoms with Gasteiger partial charge in [0.1, 0.15) is 0 Å². The second-order valence-electron chi connectivity index (χ2n) is 6.26. The number of carbonyl (C=O) groups is 1. The number of halogens is 1. The van der Waals surface area contributed by atoms with Gasteiger partial charge >= 0.3 is 0 Å². The van der Waals surface area contributed by atoms with E-state index < -0.39 is 0 Å². The molecule has 0 fully saturated rings. The van der Waals surface area contributed by atoms with Crippen LogP contribution in [0.25, 0.3) is 0 Å². The lowest BCUT2D eigenvalue weighted by atomic mass is 10.1. The van der Waals surface area contributed by atoms with Crippen molar-refractivity contribution in [3.05, 3.63) is 65.2 Å². The number of hydrogen-bond acceptors (Lipinski definition) is 4. The van der Waals surface area contributed by atoms with Crippen LogP contribution in [0.1, 0.15) is 34.8 Å². The summed E-state index contributed by atoms with van der Waals surface area (Å²) in [6.45, 7) is 5.34. The first-order valence-electron chi connectivity index (χ1n) is 8.81. The SMILES string of the molecule is Br.CCc1ccc(N(CC(=O)c2ccc(C)cc2)C2=NCCCS2)cc1. The van der Waals surface area contributed by atoms with E-state index in [0.29, 0.717) is 6.54 Å². The van der Waals surface area contributed by atoms with E-state index in [9.17, 15) is 4.79 Å². The first-order valence-corrected chi connectivity index (χ1v) is 9.79.